The number of aromatic nitrogens is 2. The van der Waals surface area contributed by atoms with Gasteiger partial charge in [-0.15, -0.1) is 0 Å². The number of hydrogen-bond donors (Lipinski definition) is 0. The maximum Gasteiger partial charge on any atom is 0.227 e. The Labute approximate surface area is 102 Å². The van der Waals surface area contributed by atoms with Crippen molar-refractivity contribution in [2.75, 3.05) is 13.1 Å². The van der Waals surface area contributed by atoms with Crippen molar-refractivity contribution in [2.45, 2.75) is 46.5 Å². The zero-order valence-electron chi connectivity index (χ0n) is 10.9. The van der Waals surface area contributed by atoms with Crippen molar-refractivity contribution in [3.05, 3.63) is 11.7 Å². The van der Waals surface area contributed by atoms with E-state index in [1.54, 1.807) is 0 Å². The van der Waals surface area contributed by atoms with Crippen LogP contribution in [0.5, 0.6) is 0 Å². The lowest BCUT2D eigenvalue weighted by Crippen LogP contribution is -2.30. The Morgan fingerprint density at radius 3 is 2.53 bits per heavy atom. The summed E-state index contributed by atoms with van der Waals surface area (Å²) in [6.07, 6.45) is 2.80. The van der Waals surface area contributed by atoms with Crippen molar-refractivity contribution in [3.8, 4) is 0 Å². The molecule has 0 aromatic carbocycles. The molecule has 0 N–H and O–H groups in total. The maximum absolute atomic E-state index is 11.7. The van der Waals surface area contributed by atoms with Crippen LogP contribution < -0.4 is 0 Å². The van der Waals surface area contributed by atoms with Crippen LogP contribution in [-0.2, 0) is 17.6 Å². The summed E-state index contributed by atoms with van der Waals surface area (Å²) in [6, 6.07) is 0. The van der Waals surface area contributed by atoms with Gasteiger partial charge in [-0.2, -0.15) is 4.98 Å². The largest absolute Gasteiger partial charge is 0.343 e. The fourth-order valence-electron chi connectivity index (χ4n) is 1.67. The van der Waals surface area contributed by atoms with Gasteiger partial charge in [0, 0.05) is 32.4 Å². The third-order valence-corrected chi connectivity index (χ3v) is 2.65. The molecular weight excluding hydrogens is 218 g/mol. The highest BCUT2D eigenvalue weighted by Crippen LogP contribution is 2.04. The van der Waals surface area contributed by atoms with Gasteiger partial charge in [0.05, 0.1) is 0 Å². The minimum atomic E-state index is 0.144. The van der Waals surface area contributed by atoms with Crippen molar-refractivity contribution in [3.63, 3.8) is 0 Å². The minimum absolute atomic E-state index is 0.144. The van der Waals surface area contributed by atoms with E-state index in [2.05, 4.69) is 17.1 Å². The fraction of sp³-hybridized carbons (Fsp3) is 0.750. The molecule has 0 saturated carbocycles. The molecular formula is C12H21N3O2. The van der Waals surface area contributed by atoms with E-state index in [-0.39, 0.29) is 5.91 Å². The summed E-state index contributed by atoms with van der Waals surface area (Å²) >= 11 is 0. The van der Waals surface area contributed by atoms with Crippen LogP contribution in [0, 0.1) is 0 Å². The highest BCUT2D eigenvalue weighted by Gasteiger charge is 2.12. The third kappa shape index (κ3) is 4.17. The van der Waals surface area contributed by atoms with Crippen LogP contribution in [0.1, 0.15) is 45.3 Å². The molecule has 0 atom stereocenters. The number of carbonyl (C=O) groups is 1. The molecule has 0 bridgehead atoms. The van der Waals surface area contributed by atoms with Crippen LogP contribution in [-0.4, -0.2) is 34.0 Å². The molecule has 1 amide bonds. The van der Waals surface area contributed by atoms with Crippen molar-refractivity contribution in [2.24, 2.45) is 0 Å². The molecule has 0 radical (unpaired) electrons. The van der Waals surface area contributed by atoms with E-state index >= 15 is 0 Å². The SMILES string of the molecule is CCCc1noc(CCC(=O)N(CC)CC)n1. The molecule has 1 rings (SSSR count). The molecule has 1 aromatic rings. The van der Waals surface area contributed by atoms with Crippen LogP contribution in [0.3, 0.4) is 0 Å². The Kier molecular flexibility index (Phi) is 5.66. The molecule has 0 unspecified atom stereocenters. The van der Waals surface area contributed by atoms with Crippen molar-refractivity contribution in [1.29, 1.82) is 0 Å². The first-order valence-electron chi connectivity index (χ1n) is 6.30. The normalized spacial score (nSPS) is 10.5. The lowest BCUT2D eigenvalue weighted by Gasteiger charge is -2.17. The van der Waals surface area contributed by atoms with Gasteiger partial charge in [0.25, 0.3) is 0 Å². The van der Waals surface area contributed by atoms with Gasteiger partial charge in [-0.25, -0.2) is 0 Å². The van der Waals surface area contributed by atoms with Gasteiger partial charge < -0.3 is 9.42 Å². The second-order valence-corrected chi connectivity index (χ2v) is 3.92. The molecule has 0 aliphatic heterocycles. The summed E-state index contributed by atoms with van der Waals surface area (Å²) in [5.41, 5.74) is 0. The molecule has 0 spiro atoms. The first kappa shape index (κ1) is 13.7. The zero-order valence-corrected chi connectivity index (χ0v) is 10.9. The molecule has 1 aromatic heterocycles. The molecule has 0 aliphatic rings. The maximum atomic E-state index is 11.7. The van der Waals surface area contributed by atoms with Gasteiger partial charge in [0.1, 0.15) is 0 Å². The van der Waals surface area contributed by atoms with Gasteiger partial charge in [0.2, 0.25) is 11.8 Å². The third-order valence-electron chi connectivity index (χ3n) is 2.65. The summed E-state index contributed by atoms with van der Waals surface area (Å²) < 4.78 is 5.08. The molecule has 96 valence electrons. The second kappa shape index (κ2) is 7.04. The lowest BCUT2D eigenvalue weighted by atomic mass is 10.2. The van der Waals surface area contributed by atoms with Crippen molar-refractivity contribution in [1.82, 2.24) is 15.0 Å². The van der Waals surface area contributed by atoms with Gasteiger partial charge >= 0.3 is 0 Å². The smallest absolute Gasteiger partial charge is 0.227 e. The minimum Gasteiger partial charge on any atom is -0.343 e. The molecule has 0 saturated heterocycles. The summed E-state index contributed by atoms with van der Waals surface area (Å²) in [4.78, 5) is 17.8. The van der Waals surface area contributed by atoms with Crippen molar-refractivity contribution < 1.29 is 9.32 Å². The highest BCUT2D eigenvalue weighted by atomic mass is 16.5. The summed E-state index contributed by atoms with van der Waals surface area (Å²) in [7, 11) is 0. The van der Waals surface area contributed by atoms with Gasteiger partial charge in [-0.05, 0) is 20.3 Å². The quantitative estimate of drug-likeness (QED) is 0.728. The van der Waals surface area contributed by atoms with Crippen LogP contribution in [0.4, 0.5) is 0 Å². The van der Waals surface area contributed by atoms with Crippen LogP contribution in [0.25, 0.3) is 0 Å². The Hall–Kier alpha value is -1.39. The van der Waals surface area contributed by atoms with Gasteiger partial charge in [0.15, 0.2) is 5.82 Å². The number of nitrogens with zero attached hydrogens (tertiary/aromatic N) is 3. The first-order chi connectivity index (χ1) is 8.21. The van der Waals surface area contributed by atoms with Crippen LogP contribution >= 0.6 is 0 Å². The second-order valence-electron chi connectivity index (χ2n) is 3.92. The molecule has 5 heteroatoms. The van der Waals surface area contributed by atoms with Gasteiger partial charge in [-0.1, -0.05) is 12.1 Å². The predicted molar refractivity (Wildman–Crippen MR) is 64.5 cm³/mol. The molecule has 17 heavy (non-hydrogen) atoms. The Morgan fingerprint density at radius 1 is 1.24 bits per heavy atom. The Morgan fingerprint density at radius 2 is 1.94 bits per heavy atom. The Balaban J connectivity index is 2.41. The van der Waals surface area contributed by atoms with Crippen LogP contribution in [0.2, 0.25) is 0 Å². The lowest BCUT2D eigenvalue weighted by molar-refractivity contribution is -0.130. The molecule has 0 fully saturated rings. The van der Waals surface area contributed by atoms with Crippen molar-refractivity contribution >= 4 is 5.91 Å². The van der Waals surface area contributed by atoms with E-state index < -0.39 is 0 Å². The monoisotopic (exact) mass is 239 g/mol. The summed E-state index contributed by atoms with van der Waals surface area (Å²) in [5, 5.41) is 3.86. The Bertz CT molecular complexity index is 345. The number of rotatable bonds is 7. The highest BCUT2D eigenvalue weighted by molar-refractivity contribution is 5.76. The predicted octanol–water partition coefficient (Wildman–Crippen LogP) is 1.82. The van der Waals surface area contributed by atoms with E-state index in [0.29, 0.717) is 18.7 Å². The average Bonchev–Trinajstić information content (AvgIpc) is 2.76. The summed E-state index contributed by atoms with van der Waals surface area (Å²) in [5.74, 6) is 1.44. The van der Waals surface area contributed by atoms with Gasteiger partial charge in [-0.3, -0.25) is 4.79 Å². The standard InChI is InChI=1S/C12H21N3O2/c1-4-7-10-13-11(17-14-10)8-9-12(16)15(5-2)6-3/h4-9H2,1-3H3. The average molecular weight is 239 g/mol. The molecule has 5 nitrogen and oxygen atoms in total. The van der Waals surface area contributed by atoms with Crippen LogP contribution in [0.15, 0.2) is 4.52 Å². The summed E-state index contributed by atoms with van der Waals surface area (Å²) in [6.45, 7) is 7.53. The van der Waals surface area contributed by atoms with E-state index in [1.165, 1.54) is 0 Å². The first-order valence-corrected chi connectivity index (χ1v) is 6.30. The number of hydrogen-bond acceptors (Lipinski definition) is 4. The van der Waals surface area contributed by atoms with E-state index in [4.69, 9.17) is 4.52 Å². The molecule has 0 aliphatic carbocycles. The van der Waals surface area contributed by atoms with E-state index in [0.717, 1.165) is 31.8 Å². The van der Waals surface area contributed by atoms with E-state index in [9.17, 15) is 4.79 Å². The number of aryl methyl sites for hydroxylation is 2. The topological polar surface area (TPSA) is 59.2 Å². The molecule has 1 heterocycles. The fourth-order valence-corrected chi connectivity index (χ4v) is 1.67. The van der Waals surface area contributed by atoms with E-state index in [1.807, 2.05) is 18.7 Å². The number of amides is 1. The zero-order chi connectivity index (χ0) is 12.7. The number of carbonyl (C=O) groups excluding carboxylic acids is 1.